The second kappa shape index (κ2) is 7.79. The van der Waals surface area contributed by atoms with Crippen LogP contribution in [0.1, 0.15) is 63.0 Å². The Kier molecular flexibility index (Phi) is 5.51. The molecule has 1 aliphatic rings. The molecule has 0 aliphatic heterocycles. The molecule has 0 bridgehead atoms. The van der Waals surface area contributed by atoms with Crippen molar-refractivity contribution in [1.29, 1.82) is 5.26 Å². The highest BCUT2D eigenvalue weighted by molar-refractivity contribution is 5.85. The first kappa shape index (κ1) is 17.0. The van der Waals surface area contributed by atoms with E-state index < -0.39 is 5.82 Å². The molecule has 0 heterocycles. The Morgan fingerprint density at radius 3 is 2.42 bits per heavy atom. The normalized spacial score (nSPS) is 20.9. The minimum absolute atomic E-state index is 0.124. The maximum absolute atomic E-state index is 14.2. The number of halogens is 1. The van der Waals surface area contributed by atoms with Crippen molar-refractivity contribution in [3.63, 3.8) is 0 Å². The molecule has 1 fully saturated rings. The van der Waals surface area contributed by atoms with Gasteiger partial charge in [-0.2, -0.15) is 5.26 Å². The van der Waals surface area contributed by atoms with Crippen LogP contribution in [0.2, 0.25) is 0 Å². The van der Waals surface area contributed by atoms with Gasteiger partial charge in [0, 0.05) is 5.39 Å². The van der Waals surface area contributed by atoms with Gasteiger partial charge in [-0.3, -0.25) is 0 Å². The van der Waals surface area contributed by atoms with E-state index in [1.54, 1.807) is 6.07 Å². The van der Waals surface area contributed by atoms with Gasteiger partial charge in [-0.1, -0.05) is 69.7 Å². The van der Waals surface area contributed by atoms with Crippen molar-refractivity contribution in [3.05, 3.63) is 47.3 Å². The summed E-state index contributed by atoms with van der Waals surface area (Å²) in [5.74, 6) is 1.42. The third-order valence-electron chi connectivity index (χ3n) is 5.64. The molecule has 0 saturated heterocycles. The smallest absolute Gasteiger partial charge is 0.148 e. The molecule has 0 unspecified atom stereocenters. The molecular weight excluding hydrogens is 297 g/mol. The van der Waals surface area contributed by atoms with Gasteiger partial charge in [-0.05, 0) is 41.7 Å². The molecule has 0 N–H and O–H groups in total. The number of fused-ring (bicyclic) bond motifs is 1. The Hall–Kier alpha value is -1.88. The molecule has 3 rings (SSSR count). The average molecular weight is 323 g/mol. The number of aryl methyl sites for hydroxylation is 1. The molecule has 0 radical (unpaired) electrons. The van der Waals surface area contributed by atoms with Crippen LogP contribution < -0.4 is 0 Å². The number of nitrogens with zero attached hydrogens (tertiary/aromatic N) is 1. The highest BCUT2D eigenvalue weighted by Gasteiger charge is 2.20. The maximum Gasteiger partial charge on any atom is 0.148 e. The highest BCUT2D eigenvalue weighted by atomic mass is 19.1. The van der Waals surface area contributed by atoms with Crippen molar-refractivity contribution in [1.82, 2.24) is 0 Å². The van der Waals surface area contributed by atoms with Gasteiger partial charge in [0.2, 0.25) is 0 Å². The van der Waals surface area contributed by atoms with Gasteiger partial charge >= 0.3 is 0 Å². The number of hydrogen-bond donors (Lipinski definition) is 0. The van der Waals surface area contributed by atoms with Gasteiger partial charge in [0.25, 0.3) is 0 Å². The molecule has 1 nitrogen and oxygen atoms in total. The average Bonchev–Trinajstić information content (AvgIpc) is 2.62. The lowest BCUT2D eigenvalue weighted by Gasteiger charge is -2.28. The fourth-order valence-electron chi connectivity index (χ4n) is 4.17. The van der Waals surface area contributed by atoms with Crippen LogP contribution in [0, 0.1) is 29.0 Å². The Morgan fingerprint density at radius 2 is 1.75 bits per heavy atom. The zero-order chi connectivity index (χ0) is 16.9. The van der Waals surface area contributed by atoms with Crippen LogP contribution in [-0.2, 0) is 6.42 Å². The molecule has 2 aromatic carbocycles. The molecule has 1 saturated carbocycles. The summed E-state index contributed by atoms with van der Waals surface area (Å²) in [6.07, 6.45) is 10.6. The van der Waals surface area contributed by atoms with Gasteiger partial charge in [0.15, 0.2) is 0 Å². The van der Waals surface area contributed by atoms with E-state index in [-0.39, 0.29) is 5.56 Å². The van der Waals surface area contributed by atoms with Crippen molar-refractivity contribution >= 4 is 10.8 Å². The van der Waals surface area contributed by atoms with E-state index in [4.69, 9.17) is 5.26 Å². The summed E-state index contributed by atoms with van der Waals surface area (Å²) < 4.78 is 14.2. The zero-order valence-electron chi connectivity index (χ0n) is 14.5. The van der Waals surface area contributed by atoms with Crippen molar-refractivity contribution in [2.75, 3.05) is 0 Å². The Labute approximate surface area is 144 Å². The van der Waals surface area contributed by atoms with Crippen molar-refractivity contribution < 1.29 is 4.39 Å². The second-order valence-electron chi connectivity index (χ2n) is 7.31. The van der Waals surface area contributed by atoms with E-state index in [1.807, 2.05) is 24.3 Å². The van der Waals surface area contributed by atoms with Gasteiger partial charge < -0.3 is 0 Å². The quantitative estimate of drug-likeness (QED) is 0.625. The predicted molar refractivity (Wildman–Crippen MR) is 97.3 cm³/mol. The zero-order valence-corrected chi connectivity index (χ0v) is 14.5. The van der Waals surface area contributed by atoms with Crippen LogP contribution in [0.15, 0.2) is 30.3 Å². The Balaban J connectivity index is 1.61. The summed E-state index contributed by atoms with van der Waals surface area (Å²) in [4.78, 5) is 0. The molecule has 0 atom stereocenters. The van der Waals surface area contributed by atoms with Crippen molar-refractivity contribution in [2.45, 2.75) is 58.3 Å². The molecule has 0 amide bonds. The van der Waals surface area contributed by atoms with E-state index in [1.165, 1.54) is 50.5 Å². The minimum atomic E-state index is -0.393. The van der Waals surface area contributed by atoms with Crippen LogP contribution in [-0.4, -0.2) is 0 Å². The summed E-state index contributed by atoms with van der Waals surface area (Å²) in [5.41, 5.74) is 1.40. The third kappa shape index (κ3) is 3.78. The first-order valence-electron chi connectivity index (χ1n) is 9.32. The molecule has 2 aromatic rings. The first-order valence-corrected chi connectivity index (χ1v) is 9.32. The maximum atomic E-state index is 14.2. The van der Waals surface area contributed by atoms with E-state index >= 15 is 0 Å². The molecule has 1 aliphatic carbocycles. The number of rotatable bonds is 5. The lowest BCUT2D eigenvalue weighted by atomic mass is 9.78. The van der Waals surface area contributed by atoms with Gasteiger partial charge in [0.05, 0.1) is 5.56 Å². The SMILES string of the molecule is CCCC1CCC(CCc2ccc3c(F)c(C#N)ccc3c2)CC1. The highest BCUT2D eigenvalue weighted by Crippen LogP contribution is 2.34. The van der Waals surface area contributed by atoms with Gasteiger partial charge in [-0.25, -0.2) is 4.39 Å². The van der Waals surface area contributed by atoms with Crippen LogP contribution >= 0.6 is 0 Å². The summed E-state index contributed by atoms with van der Waals surface area (Å²) in [6.45, 7) is 2.29. The summed E-state index contributed by atoms with van der Waals surface area (Å²) in [6, 6.07) is 11.3. The minimum Gasteiger partial charge on any atom is -0.205 e. The summed E-state index contributed by atoms with van der Waals surface area (Å²) in [7, 11) is 0. The molecule has 24 heavy (non-hydrogen) atoms. The van der Waals surface area contributed by atoms with Crippen LogP contribution in [0.5, 0.6) is 0 Å². The topological polar surface area (TPSA) is 23.8 Å². The molecular formula is C22H26FN. The third-order valence-corrected chi connectivity index (χ3v) is 5.64. The summed E-state index contributed by atoms with van der Waals surface area (Å²) >= 11 is 0. The fraction of sp³-hybridized carbons (Fsp3) is 0.500. The molecule has 0 aromatic heterocycles. The monoisotopic (exact) mass is 323 g/mol. The molecule has 2 heteroatoms. The number of benzene rings is 2. The van der Waals surface area contributed by atoms with Crippen molar-refractivity contribution in [3.8, 4) is 6.07 Å². The lowest BCUT2D eigenvalue weighted by Crippen LogP contribution is -2.15. The fourth-order valence-corrected chi connectivity index (χ4v) is 4.17. The summed E-state index contributed by atoms with van der Waals surface area (Å²) in [5, 5.41) is 10.4. The van der Waals surface area contributed by atoms with E-state index in [0.717, 1.165) is 23.6 Å². The first-order chi connectivity index (χ1) is 11.7. The largest absolute Gasteiger partial charge is 0.205 e. The van der Waals surface area contributed by atoms with Crippen LogP contribution in [0.4, 0.5) is 4.39 Å². The van der Waals surface area contributed by atoms with Crippen LogP contribution in [0.25, 0.3) is 10.8 Å². The molecule has 126 valence electrons. The Bertz CT molecular complexity index is 735. The van der Waals surface area contributed by atoms with E-state index in [9.17, 15) is 4.39 Å². The van der Waals surface area contributed by atoms with Crippen molar-refractivity contribution in [2.24, 2.45) is 11.8 Å². The lowest BCUT2D eigenvalue weighted by molar-refractivity contribution is 0.252. The second-order valence-corrected chi connectivity index (χ2v) is 7.31. The number of hydrogen-bond acceptors (Lipinski definition) is 1. The number of nitriles is 1. The van der Waals surface area contributed by atoms with Crippen LogP contribution in [0.3, 0.4) is 0 Å². The van der Waals surface area contributed by atoms with Gasteiger partial charge in [-0.15, -0.1) is 0 Å². The molecule has 0 spiro atoms. The van der Waals surface area contributed by atoms with E-state index in [2.05, 4.69) is 13.0 Å². The standard InChI is InChI=1S/C22H26FN/c1-2-3-16-4-6-17(7-5-16)8-9-18-10-13-21-19(14-18)11-12-20(15-24)22(21)23/h10-14,16-17H,2-9H2,1H3. The Morgan fingerprint density at radius 1 is 1.04 bits per heavy atom. The predicted octanol–water partition coefficient (Wildman–Crippen LogP) is 6.39. The van der Waals surface area contributed by atoms with Gasteiger partial charge in [0.1, 0.15) is 11.9 Å². The van der Waals surface area contributed by atoms with E-state index in [0.29, 0.717) is 5.39 Å².